The van der Waals surface area contributed by atoms with Gasteiger partial charge in [-0.2, -0.15) is 0 Å². The summed E-state index contributed by atoms with van der Waals surface area (Å²) in [4.78, 5) is 0. The summed E-state index contributed by atoms with van der Waals surface area (Å²) in [5.74, 6) is 0.428. The van der Waals surface area contributed by atoms with Crippen molar-refractivity contribution in [1.82, 2.24) is 5.32 Å². The van der Waals surface area contributed by atoms with Gasteiger partial charge in [0, 0.05) is 11.6 Å². The van der Waals surface area contributed by atoms with Crippen molar-refractivity contribution in [2.75, 3.05) is 6.67 Å². The molecule has 2 nitrogen and oxygen atoms in total. The molecule has 1 rings (SSSR count). The first-order valence-electron chi connectivity index (χ1n) is 5.25. The highest BCUT2D eigenvalue weighted by molar-refractivity contribution is 6.31. The van der Waals surface area contributed by atoms with E-state index >= 15 is 0 Å². The summed E-state index contributed by atoms with van der Waals surface area (Å²) < 4.78 is 12.0. The molecule has 0 amide bonds. The van der Waals surface area contributed by atoms with E-state index in [9.17, 15) is 4.39 Å². The molecule has 0 aliphatic carbocycles. The summed E-state index contributed by atoms with van der Waals surface area (Å²) in [5, 5.41) is 10.8. The molecule has 0 bridgehead atoms. The van der Waals surface area contributed by atoms with Crippen LogP contribution in [0.1, 0.15) is 24.5 Å². The molecule has 4 heteroatoms. The first-order chi connectivity index (χ1) is 7.63. The SMILES string of the molecule is CC(=N)NCc1ccc(CCC[18F])c(Cl)c1. The van der Waals surface area contributed by atoms with Crippen LogP contribution in [-0.2, 0) is 13.0 Å². The van der Waals surface area contributed by atoms with Gasteiger partial charge in [0.05, 0.1) is 12.5 Å². The fourth-order valence-corrected chi connectivity index (χ4v) is 1.69. The topological polar surface area (TPSA) is 35.9 Å². The van der Waals surface area contributed by atoms with E-state index in [1.165, 1.54) is 0 Å². The van der Waals surface area contributed by atoms with Crippen LogP contribution in [0.15, 0.2) is 18.2 Å². The lowest BCUT2D eigenvalue weighted by atomic mass is 10.1. The third-order valence-electron chi connectivity index (χ3n) is 2.25. The van der Waals surface area contributed by atoms with Crippen LogP contribution in [0.4, 0.5) is 4.39 Å². The number of amidine groups is 1. The van der Waals surface area contributed by atoms with Crippen molar-refractivity contribution in [2.24, 2.45) is 0 Å². The third-order valence-corrected chi connectivity index (χ3v) is 2.61. The van der Waals surface area contributed by atoms with Gasteiger partial charge in [-0.1, -0.05) is 23.7 Å². The van der Waals surface area contributed by atoms with Gasteiger partial charge in [0.25, 0.3) is 0 Å². The van der Waals surface area contributed by atoms with Gasteiger partial charge in [0.1, 0.15) is 0 Å². The molecular formula is C12H16ClFN2. The van der Waals surface area contributed by atoms with Gasteiger partial charge in [0.15, 0.2) is 0 Å². The summed E-state index contributed by atoms with van der Waals surface area (Å²) in [6, 6.07) is 5.74. The lowest BCUT2D eigenvalue weighted by Gasteiger charge is -2.07. The summed E-state index contributed by atoms with van der Waals surface area (Å²) in [6.07, 6.45) is 1.18. The number of hydrogen-bond acceptors (Lipinski definition) is 1. The molecule has 0 saturated heterocycles. The standard InChI is InChI=1S/C12H16ClFN2/c1-9(15)16-8-10-4-5-11(3-2-6-14)12(13)7-10/h4-5,7H,2-3,6,8H2,1H3,(H2,15,16)/i14-1. The highest BCUT2D eigenvalue weighted by atomic mass is 35.5. The van der Waals surface area contributed by atoms with Gasteiger partial charge in [0.2, 0.25) is 0 Å². The van der Waals surface area contributed by atoms with Crippen LogP contribution < -0.4 is 5.32 Å². The lowest BCUT2D eigenvalue weighted by molar-refractivity contribution is 0.473. The molecule has 0 aliphatic heterocycles. The number of halogens is 2. The van der Waals surface area contributed by atoms with Crippen LogP contribution in [0.5, 0.6) is 0 Å². The highest BCUT2D eigenvalue weighted by Gasteiger charge is 2.02. The van der Waals surface area contributed by atoms with Crippen molar-refractivity contribution in [3.05, 3.63) is 34.3 Å². The van der Waals surface area contributed by atoms with E-state index in [0.29, 0.717) is 30.2 Å². The lowest BCUT2D eigenvalue weighted by Crippen LogP contribution is -2.18. The molecular weight excluding hydrogens is 226 g/mol. The van der Waals surface area contributed by atoms with Crippen molar-refractivity contribution < 1.29 is 4.39 Å². The molecule has 0 unspecified atom stereocenters. The summed E-state index contributed by atoms with van der Waals surface area (Å²) in [6.45, 7) is 1.97. The Morgan fingerprint density at radius 3 is 2.81 bits per heavy atom. The van der Waals surface area contributed by atoms with Crippen molar-refractivity contribution >= 4 is 17.4 Å². The fraction of sp³-hybridized carbons (Fsp3) is 0.417. The highest BCUT2D eigenvalue weighted by Crippen LogP contribution is 2.19. The van der Waals surface area contributed by atoms with Gasteiger partial charge in [-0.25, -0.2) is 0 Å². The van der Waals surface area contributed by atoms with Crippen LogP contribution in [-0.4, -0.2) is 12.5 Å². The number of alkyl halides is 1. The van der Waals surface area contributed by atoms with Crippen molar-refractivity contribution in [1.29, 1.82) is 5.41 Å². The monoisotopic (exact) mass is 241 g/mol. The first-order valence-corrected chi connectivity index (χ1v) is 5.63. The number of nitrogens with one attached hydrogen (secondary N) is 2. The summed E-state index contributed by atoms with van der Waals surface area (Å²) in [5.41, 5.74) is 2.01. The number of hydrogen-bond donors (Lipinski definition) is 2. The maximum atomic E-state index is 12.0. The van der Waals surface area contributed by atoms with Gasteiger partial charge >= 0.3 is 0 Å². The number of benzene rings is 1. The molecule has 0 atom stereocenters. The molecule has 0 heterocycles. The fourth-order valence-electron chi connectivity index (χ4n) is 1.40. The number of rotatable bonds is 5. The molecule has 1 aromatic rings. The van der Waals surface area contributed by atoms with Crippen LogP contribution in [0, 0.1) is 5.41 Å². The molecule has 16 heavy (non-hydrogen) atoms. The van der Waals surface area contributed by atoms with Gasteiger partial charge in [-0.15, -0.1) is 0 Å². The van der Waals surface area contributed by atoms with E-state index in [4.69, 9.17) is 17.0 Å². The van der Waals surface area contributed by atoms with Gasteiger partial charge < -0.3 is 5.32 Å². The van der Waals surface area contributed by atoms with E-state index in [-0.39, 0.29) is 6.67 Å². The normalized spacial score (nSPS) is 10.2. The second-order valence-electron chi connectivity index (χ2n) is 3.70. The Labute approximate surface area is 100 Å². The molecule has 0 aromatic heterocycles. The molecule has 2 N–H and O–H groups in total. The maximum Gasteiger partial charge on any atom is 0.0902 e. The van der Waals surface area contributed by atoms with Crippen LogP contribution in [0.2, 0.25) is 5.02 Å². The predicted octanol–water partition coefficient (Wildman–Crippen LogP) is 3.33. The third kappa shape index (κ3) is 4.19. The van der Waals surface area contributed by atoms with E-state index in [1.807, 2.05) is 18.2 Å². The quantitative estimate of drug-likeness (QED) is 0.602. The Kier molecular flexibility index (Phi) is 5.26. The average Bonchev–Trinajstić information content (AvgIpc) is 2.25. The molecule has 0 spiro atoms. The van der Waals surface area contributed by atoms with Crippen LogP contribution in [0.3, 0.4) is 0 Å². The van der Waals surface area contributed by atoms with E-state index in [1.54, 1.807) is 6.92 Å². The minimum atomic E-state index is -0.313. The Balaban J connectivity index is 2.63. The molecule has 88 valence electrons. The van der Waals surface area contributed by atoms with Gasteiger partial charge in [-0.05, 0) is 37.0 Å². The molecule has 1 aromatic carbocycles. The molecule has 0 radical (unpaired) electrons. The minimum Gasteiger partial charge on any atom is -0.370 e. The summed E-state index contributed by atoms with van der Waals surface area (Å²) in [7, 11) is 0. The maximum absolute atomic E-state index is 12.0. The van der Waals surface area contributed by atoms with Crippen LogP contribution in [0.25, 0.3) is 0 Å². The Hall–Kier alpha value is -1.09. The Morgan fingerprint density at radius 1 is 1.50 bits per heavy atom. The summed E-state index contributed by atoms with van der Waals surface area (Å²) >= 11 is 6.08. The zero-order valence-corrected chi connectivity index (χ0v) is 10.1. The van der Waals surface area contributed by atoms with Gasteiger partial charge in [-0.3, -0.25) is 9.80 Å². The van der Waals surface area contributed by atoms with Crippen molar-refractivity contribution in [3.8, 4) is 0 Å². The Morgan fingerprint density at radius 2 is 2.25 bits per heavy atom. The van der Waals surface area contributed by atoms with Crippen molar-refractivity contribution in [2.45, 2.75) is 26.3 Å². The second-order valence-corrected chi connectivity index (χ2v) is 4.10. The second kappa shape index (κ2) is 6.48. The smallest absolute Gasteiger partial charge is 0.0902 e. The van der Waals surface area contributed by atoms with E-state index in [0.717, 1.165) is 11.1 Å². The first kappa shape index (κ1) is 13.0. The largest absolute Gasteiger partial charge is 0.370 e. The zero-order chi connectivity index (χ0) is 12.0. The molecule has 0 fully saturated rings. The predicted molar refractivity (Wildman–Crippen MR) is 66.0 cm³/mol. The minimum absolute atomic E-state index is 0.313. The average molecular weight is 242 g/mol. The molecule has 0 saturated carbocycles. The van der Waals surface area contributed by atoms with E-state index in [2.05, 4.69) is 5.32 Å². The van der Waals surface area contributed by atoms with Crippen molar-refractivity contribution in [3.63, 3.8) is 0 Å². The Bertz CT molecular complexity index is 366. The van der Waals surface area contributed by atoms with Crippen LogP contribution >= 0.6 is 11.6 Å². The number of aryl methyl sites for hydroxylation is 1. The van der Waals surface area contributed by atoms with E-state index < -0.39 is 0 Å². The molecule has 0 aliphatic rings. The zero-order valence-electron chi connectivity index (χ0n) is 9.32.